The van der Waals surface area contributed by atoms with Gasteiger partial charge in [0.05, 0.1) is 18.2 Å². The Labute approximate surface area is 156 Å². The van der Waals surface area contributed by atoms with Crippen molar-refractivity contribution in [3.63, 3.8) is 0 Å². The minimum absolute atomic E-state index is 0.0247. The van der Waals surface area contributed by atoms with Crippen LogP contribution in [0, 0.1) is 5.92 Å². The lowest BCUT2D eigenvalue weighted by molar-refractivity contribution is -0.121. The predicted octanol–water partition coefficient (Wildman–Crippen LogP) is 5.32. The normalized spacial score (nSPS) is 12.3. The number of benzene rings is 1. The monoisotopic (exact) mass is 370 g/mol. The van der Waals surface area contributed by atoms with E-state index >= 15 is 0 Å². The van der Waals surface area contributed by atoms with Gasteiger partial charge in [0.1, 0.15) is 5.01 Å². The van der Waals surface area contributed by atoms with Crippen LogP contribution in [-0.4, -0.2) is 10.9 Å². The van der Waals surface area contributed by atoms with Crippen LogP contribution in [0.4, 0.5) is 0 Å². The van der Waals surface area contributed by atoms with Crippen molar-refractivity contribution in [3.8, 4) is 10.6 Å². The van der Waals surface area contributed by atoms with Crippen molar-refractivity contribution in [1.82, 2.24) is 10.3 Å². The quantitative estimate of drug-likeness (QED) is 0.612. The molecule has 0 fully saturated rings. The van der Waals surface area contributed by atoms with E-state index in [0.717, 1.165) is 28.2 Å². The second kappa shape index (κ2) is 8.41. The Hall–Kier alpha value is -1.98. The maximum Gasteiger partial charge on any atom is 0.226 e. The topological polar surface area (TPSA) is 42.0 Å². The predicted molar refractivity (Wildman–Crippen MR) is 106 cm³/mol. The molecule has 1 amide bonds. The molecule has 0 saturated heterocycles. The van der Waals surface area contributed by atoms with Crippen molar-refractivity contribution in [2.45, 2.75) is 32.7 Å². The minimum atomic E-state index is 0.0247. The van der Waals surface area contributed by atoms with Gasteiger partial charge in [-0.2, -0.15) is 11.3 Å². The highest BCUT2D eigenvalue weighted by Gasteiger charge is 2.17. The molecule has 0 aliphatic carbocycles. The highest BCUT2D eigenvalue weighted by molar-refractivity contribution is 7.14. The summed E-state index contributed by atoms with van der Waals surface area (Å²) in [5.41, 5.74) is 3.12. The average Bonchev–Trinajstić information content (AvgIpc) is 3.26. The Morgan fingerprint density at radius 1 is 1.16 bits per heavy atom. The molecule has 0 aliphatic heterocycles. The van der Waals surface area contributed by atoms with E-state index in [2.05, 4.69) is 47.7 Å². The minimum Gasteiger partial charge on any atom is -0.349 e. The number of aromatic nitrogens is 1. The molecule has 1 aromatic carbocycles. The Morgan fingerprint density at radius 3 is 2.64 bits per heavy atom. The van der Waals surface area contributed by atoms with E-state index in [1.165, 1.54) is 0 Å². The second-order valence-electron chi connectivity index (χ2n) is 6.49. The molecule has 3 rings (SSSR count). The molecule has 25 heavy (non-hydrogen) atoms. The third kappa shape index (κ3) is 5.00. The zero-order chi connectivity index (χ0) is 17.6. The summed E-state index contributed by atoms with van der Waals surface area (Å²) in [6, 6.07) is 12.3. The van der Waals surface area contributed by atoms with Gasteiger partial charge >= 0.3 is 0 Å². The lowest BCUT2D eigenvalue weighted by Crippen LogP contribution is -2.30. The molecule has 130 valence electrons. The van der Waals surface area contributed by atoms with Gasteiger partial charge in [0.2, 0.25) is 5.91 Å². The highest BCUT2D eigenvalue weighted by Crippen LogP contribution is 2.26. The average molecular weight is 371 g/mol. The fraction of sp³-hybridized carbons (Fsp3) is 0.300. The fourth-order valence-corrected chi connectivity index (χ4v) is 4.28. The lowest BCUT2D eigenvalue weighted by atomic mass is 9.97. The zero-order valence-corrected chi connectivity index (χ0v) is 16.1. The number of amides is 1. The van der Waals surface area contributed by atoms with E-state index < -0.39 is 0 Å². The number of thiazole rings is 1. The van der Waals surface area contributed by atoms with Crippen LogP contribution in [-0.2, 0) is 11.2 Å². The molecule has 1 N–H and O–H groups in total. The van der Waals surface area contributed by atoms with E-state index in [1.807, 2.05) is 29.0 Å². The molecule has 0 saturated carbocycles. The van der Waals surface area contributed by atoms with Gasteiger partial charge in [-0.15, -0.1) is 11.3 Å². The molecule has 0 radical (unpaired) electrons. The number of rotatable bonds is 7. The van der Waals surface area contributed by atoms with Crippen LogP contribution in [0.2, 0.25) is 0 Å². The van der Waals surface area contributed by atoms with E-state index in [9.17, 15) is 4.79 Å². The van der Waals surface area contributed by atoms with Crippen LogP contribution < -0.4 is 5.32 Å². The van der Waals surface area contributed by atoms with Gasteiger partial charge in [-0.05, 0) is 29.3 Å². The number of hydrogen-bond donors (Lipinski definition) is 1. The van der Waals surface area contributed by atoms with Crippen molar-refractivity contribution in [2.24, 2.45) is 5.92 Å². The molecule has 2 heterocycles. The summed E-state index contributed by atoms with van der Waals surface area (Å²) in [6.07, 6.45) is 1.25. The van der Waals surface area contributed by atoms with Gasteiger partial charge in [0.15, 0.2) is 0 Å². The number of nitrogens with one attached hydrogen (secondary N) is 1. The first-order valence-electron chi connectivity index (χ1n) is 8.43. The van der Waals surface area contributed by atoms with Crippen molar-refractivity contribution in [3.05, 3.63) is 63.8 Å². The van der Waals surface area contributed by atoms with E-state index in [1.54, 1.807) is 22.7 Å². The van der Waals surface area contributed by atoms with Gasteiger partial charge in [-0.25, -0.2) is 4.98 Å². The Kier molecular flexibility index (Phi) is 6.00. The fourth-order valence-electron chi connectivity index (χ4n) is 2.75. The van der Waals surface area contributed by atoms with Gasteiger partial charge in [-0.1, -0.05) is 44.2 Å². The molecule has 0 spiro atoms. The van der Waals surface area contributed by atoms with E-state index in [-0.39, 0.29) is 11.9 Å². The molecule has 5 heteroatoms. The first-order valence-corrected chi connectivity index (χ1v) is 10.3. The second-order valence-corrected chi connectivity index (χ2v) is 8.13. The summed E-state index contributed by atoms with van der Waals surface area (Å²) in [5.74, 6) is 0.534. The van der Waals surface area contributed by atoms with E-state index in [4.69, 9.17) is 0 Å². The van der Waals surface area contributed by atoms with Crippen LogP contribution >= 0.6 is 22.7 Å². The van der Waals surface area contributed by atoms with Gasteiger partial charge in [-0.3, -0.25) is 4.79 Å². The maximum absolute atomic E-state index is 12.5. The summed E-state index contributed by atoms with van der Waals surface area (Å²) in [6.45, 7) is 4.35. The van der Waals surface area contributed by atoms with Crippen LogP contribution in [0.1, 0.15) is 37.6 Å². The SMILES string of the molecule is CC(C)CC(NC(=O)Cc1csc(-c2ccsc2)n1)c1ccccc1. The third-order valence-corrected chi connectivity index (χ3v) is 5.53. The van der Waals surface area contributed by atoms with Crippen molar-refractivity contribution in [1.29, 1.82) is 0 Å². The van der Waals surface area contributed by atoms with Gasteiger partial charge in [0.25, 0.3) is 0 Å². The molecule has 3 aromatic rings. The Balaban J connectivity index is 1.65. The lowest BCUT2D eigenvalue weighted by Gasteiger charge is -2.21. The van der Waals surface area contributed by atoms with Crippen molar-refractivity contribution in [2.75, 3.05) is 0 Å². The summed E-state index contributed by atoms with van der Waals surface area (Å²) < 4.78 is 0. The van der Waals surface area contributed by atoms with Crippen LogP contribution in [0.25, 0.3) is 10.6 Å². The summed E-state index contributed by atoms with van der Waals surface area (Å²) in [4.78, 5) is 17.1. The van der Waals surface area contributed by atoms with Crippen LogP contribution in [0.5, 0.6) is 0 Å². The zero-order valence-electron chi connectivity index (χ0n) is 14.4. The maximum atomic E-state index is 12.5. The molecule has 2 aromatic heterocycles. The number of carbonyl (C=O) groups excluding carboxylic acids is 1. The van der Waals surface area contributed by atoms with Crippen LogP contribution in [0.3, 0.4) is 0 Å². The Bertz CT molecular complexity index is 794. The summed E-state index contributed by atoms with van der Waals surface area (Å²) in [5, 5.41) is 10.3. The highest BCUT2D eigenvalue weighted by atomic mass is 32.1. The molecular weight excluding hydrogens is 348 g/mol. The number of thiophene rings is 1. The van der Waals surface area contributed by atoms with Gasteiger partial charge in [0, 0.05) is 16.3 Å². The smallest absolute Gasteiger partial charge is 0.226 e. The first kappa shape index (κ1) is 17.8. The Morgan fingerprint density at radius 2 is 1.96 bits per heavy atom. The van der Waals surface area contributed by atoms with Gasteiger partial charge < -0.3 is 5.32 Å². The summed E-state index contributed by atoms with van der Waals surface area (Å²) >= 11 is 3.25. The van der Waals surface area contributed by atoms with Crippen LogP contribution in [0.15, 0.2) is 52.5 Å². The largest absolute Gasteiger partial charge is 0.349 e. The molecule has 3 nitrogen and oxygen atoms in total. The summed E-state index contributed by atoms with van der Waals surface area (Å²) in [7, 11) is 0. The van der Waals surface area contributed by atoms with Crippen molar-refractivity contribution >= 4 is 28.6 Å². The number of nitrogens with zero attached hydrogens (tertiary/aromatic N) is 1. The number of hydrogen-bond acceptors (Lipinski definition) is 4. The number of carbonyl (C=O) groups is 1. The van der Waals surface area contributed by atoms with E-state index in [0.29, 0.717) is 12.3 Å². The molecule has 1 atom stereocenters. The molecular formula is C20H22N2OS2. The standard InChI is InChI=1S/C20H22N2OS2/c1-14(2)10-18(15-6-4-3-5-7-15)22-19(23)11-17-13-25-20(21-17)16-8-9-24-12-16/h3-9,12-14,18H,10-11H2,1-2H3,(H,22,23). The molecule has 1 unspecified atom stereocenters. The van der Waals surface area contributed by atoms with Crippen molar-refractivity contribution < 1.29 is 4.79 Å². The molecule has 0 aliphatic rings. The third-order valence-electron chi connectivity index (χ3n) is 3.91. The molecule has 0 bridgehead atoms. The first-order chi connectivity index (χ1) is 12.1.